The number of hydrogen-bond acceptors (Lipinski definition) is 8. The molecule has 0 fully saturated rings. The number of carbonyl (C=O) groups is 3. The summed E-state index contributed by atoms with van der Waals surface area (Å²) in [7, 11) is 0. The molecule has 10 heteroatoms. The number of ether oxygens (including phenoxy) is 3. The van der Waals surface area contributed by atoms with Gasteiger partial charge < -0.3 is 29.3 Å². The van der Waals surface area contributed by atoms with Crippen LogP contribution in [0.3, 0.4) is 0 Å². The molecule has 0 aliphatic carbocycles. The molecule has 1 aliphatic heterocycles. The summed E-state index contributed by atoms with van der Waals surface area (Å²) in [6, 6.07) is 11.8. The quantitative estimate of drug-likeness (QED) is 0.323. The van der Waals surface area contributed by atoms with Crippen molar-refractivity contribution in [3.63, 3.8) is 0 Å². The second kappa shape index (κ2) is 11.7. The van der Waals surface area contributed by atoms with E-state index in [0.29, 0.717) is 41.6 Å². The minimum Gasteiger partial charge on any atom is -0.454 e. The second-order valence-electron chi connectivity index (χ2n) is 7.28. The molecule has 3 rings (SSSR count). The Labute approximate surface area is 197 Å². The summed E-state index contributed by atoms with van der Waals surface area (Å²) in [5.74, 6) is -0.0621. The number of amides is 2. The lowest BCUT2D eigenvalue weighted by Crippen LogP contribution is -2.30. The molecule has 0 bridgehead atoms. The van der Waals surface area contributed by atoms with Crippen LogP contribution in [0.15, 0.2) is 47.6 Å². The van der Waals surface area contributed by atoms with E-state index in [2.05, 4.69) is 10.5 Å². The Morgan fingerprint density at radius 1 is 0.971 bits per heavy atom. The highest BCUT2D eigenvalue weighted by molar-refractivity contribution is 5.99. The van der Waals surface area contributed by atoms with Crippen molar-refractivity contribution in [2.45, 2.75) is 20.8 Å². The van der Waals surface area contributed by atoms with Gasteiger partial charge in [0, 0.05) is 29.9 Å². The molecule has 0 saturated heterocycles. The third-order valence-corrected chi connectivity index (χ3v) is 5.00. The molecule has 1 heterocycles. The van der Waals surface area contributed by atoms with E-state index in [9.17, 15) is 14.4 Å². The van der Waals surface area contributed by atoms with Crippen LogP contribution in [0.25, 0.3) is 0 Å². The van der Waals surface area contributed by atoms with Crippen LogP contribution < -0.4 is 14.8 Å². The molecule has 0 aromatic heterocycles. The zero-order valence-electron chi connectivity index (χ0n) is 19.3. The highest BCUT2D eigenvalue weighted by Crippen LogP contribution is 2.32. The van der Waals surface area contributed by atoms with E-state index in [4.69, 9.17) is 19.0 Å². The topological polar surface area (TPSA) is 116 Å². The molecule has 0 spiro atoms. The monoisotopic (exact) mass is 469 g/mol. The predicted molar refractivity (Wildman–Crippen MR) is 124 cm³/mol. The molecule has 2 aromatic carbocycles. The highest BCUT2D eigenvalue weighted by Gasteiger charge is 2.15. The van der Waals surface area contributed by atoms with E-state index in [-0.39, 0.29) is 12.7 Å². The number of fused-ring (bicyclic) bond motifs is 1. The van der Waals surface area contributed by atoms with Crippen LogP contribution in [0.2, 0.25) is 0 Å². The Balaban J connectivity index is 1.40. The van der Waals surface area contributed by atoms with Gasteiger partial charge in [-0.3, -0.25) is 9.59 Å². The van der Waals surface area contributed by atoms with Crippen molar-refractivity contribution >= 4 is 29.2 Å². The summed E-state index contributed by atoms with van der Waals surface area (Å²) >= 11 is 0. The van der Waals surface area contributed by atoms with Crippen molar-refractivity contribution in [1.29, 1.82) is 0 Å². The van der Waals surface area contributed by atoms with Crippen molar-refractivity contribution in [3.8, 4) is 11.5 Å². The molecule has 0 atom stereocenters. The van der Waals surface area contributed by atoms with Crippen molar-refractivity contribution in [2.75, 3.05) is 38.4 Å². The number of esters is 1. The van der Waals surface area contributed by atoms with E-state index < -0.39 is 25.1 Å². The van der Waals surface area contributed by atoms with Crippen LogP contribution in [0.4, 0.5) is 5.69 Å². The first kappa shape index (κ1) is 24.6. The van der Waals surface area contributed by atoms with Gasteiger partial charge in [-0.15, -0.1) is 0 Å². The summed E-state index contributed by atoms with van der Waals surface area (Å²) < 4.78 is 15.5. The van der Waals surface area contributed by atoms with Crippen LogP contribution in [-0.4, -0.2) is 61.5 Å². The molecular weight excluding hydrogens is 442 g/mol. The van der Waals surface area contributed by atoms with E-state index >= 15 is 0 Å². The van der Waals surface area contributed by atoms with Gasteiger partial charge in [-0.05, 0) is 63.2 Å². The SMILES string of the molecule is CCN(CC)C(=O)c1ccc(NC(=O)COC(=O)CO/N=C(\C)c2ccc3c(c2)OCO3)cc1. The number of oxime groups is 1. The maximum Gasteiger partial charge on any atom is 0.347 e. The first-order valence-electron chi connectivity index (χ1n) is 10.8. The van der Waals surface area contributed by atoms with Crippen LogP contribution in [0.5, 0.6) is 11.5 Å². The molecule has 10 nitrogen and oxygen atoms in total. The zero-order chi connectivity index (χ0) is 24.5. The average Bonchev–Trinajstić information content (AvgIpc) is 3.32. The van der Waals surface area contributed by atoms with Gasteiger partial charge in [0.05, 0.1) is 5.71 Å². The average molecular weight is 469 g/mol. The lowest BCUT2D eigenvalue weighted by molar-refractivity contribution is -0.151. The fourth-order valence-electron chi connectivity index (χ4n) is 3.13. The molecule has 34 heavy (non-hydrogen) atoms. The van der Waals surface area contributed by atoms with Gasteiger partial charge in [0.2, 0.25) is 13.4 Å². The molecule has 0 saturated carbocycles. The molecule has 2 aromatic rings. The normalized spacial score (nSPS) is 12.1. The first-order valence-corrected chi connectivity index (χ1v) is 10.8. The fourth-order valence-corrected chi connectivity index (χ4v) is 3.13. The minimum atomic E-state index is -0.738. The zero-order valence-corrected chi connectivity index (χ0v) is 19.3. The van der Waals surface area contributed by atoms with Crippen LogP contribution in [0, 0.1) is 0 Å². The Morgan fingerprint density at radius 3 is 2.35 bits per heavy atom. The van der Waals surface area contributed by atoms with Gasteiger partial charge in [0.1, 0.15) is 0 Å². The summed E-state index contributed by atoms with van der Waals surface area (Å²) in [4.78, 5) is 42.9. The lowest BCUT2D eigenvalue weighted by atomic mass is 10.1. The third-order valence-electron chi connectivity index (χ3n) is 5.00. The minimum absolute atomic E-state index is 0.0757. The molecule has 0 radical (unpaired) electrons. The van der Waals surface area contributed by atoms with Gasteiger partial charge in [0.15, 0.2) is 18.1 Å². The summed E-state index contributed by atoms with van der Waals surface area (Å²) in [6.07, 6.45) is 0. The molecule has 0 unspecified atom stereocenters. The first-order chi connectivity index (χ1) is 16.4. The van der Waals surface area contributed by atoms with Crippen molar-refractivity contribution < 1.29 is 33.4 Å². The number of benzene rings is 2. The molecule has 1 N–H and O–H groups in total. The van der Waals surface area contributed by atoms with Crippen LogP contribution in [0.1, 0.15) is 36.7 Å². The third kappa shape index (κ3) is 6.47. The van der Waals surface area contributed by atoms with Gasteiger partial charge >= 0.3 is 5.97 Å². The standard InChI is InChI=1S/C24H27N3O7/c1-4-27(5-2)24(30)17-6-9-19(10-7-17)25-22(28)13-31-23(29)14-34-26-16(3)18-8-11-20-21(12-18)33-15-32-20/h6-12H,4-5,13-15H2,1-3H3,(H,25,28)/b26-16+. The maximum absolute atomic E-state index is 12.3. The van der Waals surface area contributed by atoms with E-state index in [1.54, 1.807) is 54.3 Å². The number of anilines is 1. The Morgan fingerprint density at radius 2 is 1.65 bits per heavy atom. The van der Waals surface area contributed by atoms with E-state index in [1.165, 1.54) is 0 Å². The van der Waals surface area contributed by atoms with Gasteiger partial charge in [-0.1, -0.05) is 5.16 Å². The van der Waals surface area contributed by atoms with Crippen LogP contribution in [-0.2, 0) is 19.2 Å². The smallest absolute Gasteiger partial charge is 0.347 e. The number of nitrogens with zero attached hydrogens (tertiary/aromatic N) is 2. The molecular formula is C24H27N3O7. The van der Waals surface area contributed by atoms with E-state index in [1.807, 2.05) is 13.8 Å². The van der Waals surface area contributed by atoms with Crippen molar-refractivity contribution in [2.24, 2.45) is 5.16 Å². The lowest BCUT2D eigenvalue weighted by Gasteiger charge is -2.18. The number of nitrogens with one attached hydrogen (secondary N) is 1. The largest absolute Gasteiger partial charge is 0.454 e. The molecule has 1 aliphatic rings. The Hall–Kier alpha value is -4.08. The number of hydrogen-bond donors (Lipinski definition) is 1. The van der Waals surface area contributed by atoms with Gasteiger partial charge in [0.25, 0.3) is 11.8 Å². The van der Waals surface area contributed by atoms with Crippen molar-refractivity contribution in [1.82, 2.24) is 4.90 Å². The van der Waals surface area contributed by atoms with Gasteiger partial charge in [-0.25, -0.2) is 4.79 Å². The summed E-state index contributed by atoms with van der Waals surface area (Å²) in [6.45, 7) is 6.02. The summed E-state index contributed by atoms with van der Waals surface area (Å²) in [5, 5.41) is 6.50. The van der Waals surface area contributed by atoms with Gasteiger partial charge in [-0.2, -0.15) is 0 Å². The van der Waals surface area contributed by atoms with Crippen molar-refractivity contribution in [3.05, 3.63) is 53.6 Å². The molecule has 180 valence electrons. The number of carbonyl (C=O) groups excluding carboxylic acids is 3. The van der Waals surface area contributed by atoms with E-state index in [0.717, 1.165) is 5.56 Å². The molecule has 2 amide bonds. The number of rotatable bonds is 10. The summed E-state index contributed by atoms with van der Waals surface area (Å²) in [5.41, 5.74) is 2.30. The predicted octanol–water partition coefficient (Wildman–Crippen LogP) is 2.82. The highest BCUT2D eigenvalue weighted by atomic mass is 16.7. The fraction of sp³-hybridized carbons (Fsp3) is 0.333. The second-order valence-corrected chi connectivity index (χ2v) is 7.28. The Bertz CT molecular complexity index is 1060. The van der Waals surface area contributed by atoms with Crippen LogP contribution >= 0.6 is 0 Å². The maximum atomic E-state index is 12.3. The Kier molecular flexibility index (Phi) is 8.44.